The quantitative estimate of drug-likeness (QED) is 0.745. The molecule has 2 aliphatic carbocycles. The molecule has 3 atom stereocenters. The van der Waals surface area contributed by atoms with Gasteiger partial charge >= 0.3 is 0 Å². The first-order valence-electron chi connectivity index (χ1n) is 7.51. The Morgan fingerprint density at radius 3 is 2.38 bits per heavy atom. The largest absolute Gasteiger partial charge is 0.328 e. The molecule has 0 radical (unpaired) electrons. The summed E-state index contributed by atoms with van der Waals surface area (Å²) in [7, 11) is 0. The van der Waals surface area contributed by atoms with Gasteiger partial charge in [-0.3, -0.25) is 0 Å². The average Bonchev–Trinajstić information content (AvgIpc) is 2.33. The van der Waals surface area contributed by atoms with E-state index in [0.29, 0.717) is 6.04 Å². The Balaban J connectivity index is 1.57. The first kappa shape index (κ1) is 12.4. The first-order chi connectivity index (χ1) is 7.75. The summed E-state index contributed by atoms with van der Waals surface area (Å²) in [5, 5.41) is 0. The van der Waals surface area contributed by atoms with Gasteiger partial charge in [0.2, 0.25) is 0 Å². The lowest BCUT2D eigenvalue weighted by Gasteiger charge is -2.36. The predicted octanol–water partition coefficient (Wildman–Crippen LogP) is 4.11. The van der Waals surface area contributed by atoms with Gasteiger partial charge in [0, 0.05) is 6.04 Å². The van der Waals surface area contributed by atoms with Crippen LogP contribution in [0.1, 0.15) is 71.1 Å². The van der Waals surface area contributed by atoms with Crippen molar-refractivity contribution in [3.05, 3.63) is 0 Å². The van der Waals surface area contributed by atoms with Crippen molar-refractivity contribution in [3.8, 4) is 0 Å². The number of hydrogen-bond donors (Lipinski definition) is 1. The van der Waals surface area contributed by atoms with Crippen LogP contribution in [-0.4, -0.2) is 6.04 Å². The molecule has 0 amide bonds. The molecule has 2 rings (SSSR count). The molecule has 0 bridgehead atoms. The highest BCUT2D eigenvalue weighted by Gasteiger charge is 2.28. The van der Waals surface area contributed by atoms with Crippen LogP contribution in [0.5, 0.6) is 0 Å². The fourth-order valence-electron chi connectivity index (χ4n) is 3.52. The normalized spacial score (nSPS) is 33.4. The summed E-state index contributed by atoms with van der Waals surface area (Å²) in [5.74, 6) is 2.93. The second-order valence-electron chi connectivity index (χ2n) is 6.39. The lowest BCUT2D eigenvalue weighted by Crippen LogP contribution is -2.32. The molecule has 2 N–H and O–H groups in total. The molecule has 2 aliphatic rings. The van der Waals surface area contributed by atoms with E-state index in [-0.39, 0.29) is 0 Å². The van der Waals surface area contributed by atoms with Crippen molar-refractivity contribution in [1.82, 2.24) is 0 Å². The number of hydrogen-bond acceptors (Lipinski definition) is 1. The molecule has 0 aromatic heterocycles. The predicted molar refractivity (Wildman–Crippen MR) is 70.3 cm³/mol. The van der Waals surface area contributed by atoms with Crippen molar-refractivity contribution in [2.24, 2.45) is 23.5 Å². The van der Waals surface area contributed by atoms with E-state index in [0.717, 1.165) is 17.8 Å². The lowest BCUT2D eigenvalue weighted by atomic mass is 9.71. The van der Waals surface area contributed by atoms with Gasteiger partial charge in [-0.05, 0) is 43.4 Å². The van der Waals surface area contributed by atoms with Crippen LogP contribution in [0, 0.1) is 17.8 Å². The molecule has 2 unspecified atom stereocenters. The van der Waals surface area contributed by atoms with E-state index in [1.807, 2.05) is 0 Å². The van der Waals surface area contributed by atoms with Crippen molar-refractivity contribution >= 4 is 0 Å². The molecule has 94 valence electrons. The van der Waals surface area contributed by atoms with Gasteiger partial charge in [-0.2, -0.15) is 0 Å². The van der Waals surface area contributed by atoms with E-state index >= 15 is 0 Å². The second kappa shape index (κ2) is 6.05. The Kier molecular flexibility index (Phi) is 4.69. The van der Waals surface area contributed by atoms with Gasteiger partial charge in [0.05, 0.1) is 0 Å². The Morgan fingerprint density at radius 2 is 1.81 bits per heavy atom. The standard InChI is InChI=1S/C15H29N/c1-12-7-9-14(12)11-15(16)10-8-13-5-3-2-4-6-13/h12-15H,2-11,16H2,1H3/t12-,14?,15?/m1/s1. The molecular weight excluding hydrogens is 194 g/mol. The Hall–Kier alpha value is -0.0400. The summed E-state index contributed by atoms with van der Waals surface area (Å²) in [6.07, 6.45) is 14.3. The molecule has 1 heteroatoms. The zero-order valence-corrected chi connectivity index (χ0v) is 11.0. The van der Waals surface area contributed by atoms with E-state index in [1.165, 1.54) is 64.2 Å². The average molecular weight is 223 g/mol. The molecule has 0 spiro atoms. The minimum absolute atomic E-state index is 0.495. The van der Waals surface area contributed by atoms with Crippen LogP contribution in [-0.2, 0) is 0 Å². The topological polar surface area (TPSA) is 26.0 Å². The molecule has 0 aliphatic heterocycles. The van der Waals surface area contributed by atoms with Crippen molar-refractivity contribution in [2.45, 2.75) is 77.2 Å². The zero-order valence-electron chi connectivity index (χ0n) is 11.0. The molecule has 2 fully saturated rings. The summed E-state index contributed by atoms with van der Waals surface area (Å²) in [6.45, 7) is 2.39. The molecule has 0 aromatic carbocycles. The zero-order chi connectivity index (χ0) is 11.4. The van der Waals surface area contributed by atoms with Gasteiger partial charge in [-0.1, -0.05) is 45.4 Å². The summed E-state index contributed by atoms with van der Waals surface area (Å²) < 4.78 is 0. The molecule has 2 saturated carbocycles. The van der Waals surface area contributed by atoms with Crippen LogP contribution >= 0.6 is 0 Å². The third-order valence-corrected chi connectivity index (χ3v) is 5.07. The van der Waals surface area contributed by atoms with Gasteiger partial charge < -0.3 is 5.73 Å². The van der Waals surface area contributed by atoms with Crippen molar-refractivity contribution in [1.29, 1.82) is 0 Å². The van der Waals surface area contributed by atoms with E-state index < -0.39 is 0 Å². The molecule has 0 saturated heterocycles. The summed E-state index contributed by atoms with van der Waals surface area (Å²) in [4.78, 5) is 0. The van der Waals surface area contributed by atoms with Crippen LogP contribution in [0.15, 0.2) is 0 Å². The van der Waals surface area contributed by atoms with Crippen LogP contribution in [0.4, 0.5) is 0 Å². The maximum absolute atomic E-state index is 6.26. The fourth-order valence-corrected chi connectivity index (χ4v) is 3.52. The first-order valence-corrected chi connectivity index (χ1v) is 7.51. The molecular formula is C15H29N. The smallest absolute Gasteiger partial charge is 0.00416 e. The highest BCUT2D eigenvalue weighted by atomic mass is 14.6. The second-order valence-corrected chi connectivity index (χ2v) is 6.39. The minimum Gasteiger partial charge on any atom is -0.328 e. The Bertz CT molecular complexity index is 196. The Morgan fingerprint density at radius 1 is 1.06 bits per heavy atom. The maximum Gasteiger partial charge on any atom is 0.00416 e. The van der Waals surface area contributed by atoms with Crippen molar-refractivity contribution < 1.29 is 0 Å². The fraction of sp³-hybridized carbons (Fsp3) is 1.00. The number of rotatable bonds is 5. The van der Waals surface area contributed by atoms with Gasteiger partial charge in [0.25, 0.3) is 0 Å². The van der Waals surface area contributed by atoms with E-state index in [1.54, 1.807) is 0 Å². The van der Waals surface area contributed by atoms with E-state index in [2.05, 4.69) is 6.92 Å². The van der Waals surface area contributed by atoms with Crippen molar-refractivity contribution in [2.75, 3.05) is 0 Å². The Labute approximate surface area is 101 Å². The third kappa shape index (κ3) is 3.48. The lowest BCUT2D eigenvalue weighted by molar-refractivity contribution is 0.167. The number of nitrogens with two attached hydrogens (primary N) is 1. The minimum atomic E-state index is 0.495. The van der Waals surface area contributed by atoms with Crippen molar-refractivity contribution in [3.63, 3.8) is 0 Å². The molecule has 1 nitrogen and oxygen atoms in total. The van der Waals surface area contributed by atoms with Gasteiger partial charge in [0.15, 0.2) is 0 Å². The summed E-state index contributed by atoms with van der Waals surface area (Å²) in [5.41, 5.74) is 6.26. The van der Waals surface area contributed by atoms with Crippen LogP contribution in [0.2, 0.25) is 0 Å². The monoisotopic (exact) mass is 223 g/mol. The van der Waals surface area contributed by atoms with Gasteiger partial charge in [-0.25, -0.2) is 0 Å². The van der Waals surface area contributed by atoms with Gasteiger partial charge in [0.1, 0.15) is 0 Å². The van der Waals surface area contributed by atoms with Crippen LogP contribution < -0.4 is 5.73 Å². The molecule has 0 heterocycles. The third-order valence-electron chi connectivity index (χ3n) is 5.07. The highest BCUT2D eigenvalue weighted by Crippen LogP contribution is 2.37. The highest BCUT2D eigenvalue weighted by molar-refractivity contribution is 4.81. The SMILES string of the molecule is C[C@@H]1CCC1CC(N)CCC1CCCCC1. The maximum atomic E-state index is 6.26. The summed E-state index contributed by atoms with van der Waals surface area (Å²) in [6, 6.07) is 0.495. The van der Waals surface area contributed by atoms with E-state index in [4.69, 9.17) is 5.73 Å². The van der Waals surface area contributed by atoms with Crippen LogP contribution in [0.3, 0.4) is 0 Å². The van der Waals surface area contributed by atoms with Gasteiger partial charge in [-0.15, -0.1) is 0 Å². The van der Waals surface area contributed by atoms with Crippen LogP contribution in [0.25, 0.3) is 0 Å². The molecule has 16 heavy (non-hydrogen) atoms. The summed E-state index contributed by atoms with van der Waals surface area (Å²) >= 11 is 0. The van der Waals surface area contributed by atoms with E-state index in [9.17, 15) is 0 Å². The molecule has 0 aromatic rings.